The lowest BCUT2D eigenvalue weighted by Gasteiger charge is -2.21. The molecule has 0 amide bonds. The van der Waals surface area contributed by atoms with Gasteiger partial charge in [0.25, 0.3) is 0 Å². The van der Waals surface area contributed by atoms with E-state index in [0.29, 0.717) is 0 Å². The highest BCUT2D eigenvalue weighted by atomic mass is 32.2. The minimum atomic E-state index is -0.554. The molecule has 0 heterocycles. The number of benzene rings is 1. The molecule has 0 aliphatic rings. The van der Waals surface area contributed by atoms with Crippen molar-refractivity contribution >= 4 is 11.8 Å². The minimum absolute atomic E-state index is 0.554. The molecule has 0 fully saturated rings. The van der Waals surface area contributed by atoms with Crippen molar-refractivity contribution in [1.82, 2.24) is 0 Å². The van der Waals surface area contributed by atoms with Crippen LogP contribution in [0.2, 0.25) is 0 Å². The van der Waals surface area contributed by atoms with Crippen LogP contribution >= 0.6 is 11.8 Å². The Bertz CT molecular complexity index is 331. The van der Waals surface area contributed by atoms with Crippen molar-refractivity contribution < 1.29 is 5.11 Å². The lowest BCUT2D eigenvalue weighted by atomic mass is 10.1. The summed E-state index contributed by atoms with van der Waals surface area (Å²) in [5.41, 5.74) is 2.04. The van der Waals surface area contributed by atoms with Gasteiger partial charge in [-0.2, -0.15) is 0 Å². The van der Waals surface area contributed by atoms with Crippen LogP contribution in [0.3, 0.4) is 0 Å². The second kappa shape index (κ2) is 5.04. The molecular formula is C13H20OS. The van der Waals surface area contributed by atoms with Gasteiger partial charge >= 0.3 is 0 Å². The van der Waals surface area contributed by atoms with Crippen LogP contribution in [0.25, 0.3) is 0 Å². The average molecular weight is 224 g/mol. The fourth-order valence-corrected chi connectivity index (χ4v) is 2.42. The molecule has 0 aliphatic heterocycles. The van der Waals surface area contributed by atoms with Crippen LogP contribution in [0.4, 0.5) is 0 Å². The van der Waals surface area contributed by atoms with Crippen LogP contribution in [0, 0.1) is 13.8 Å². The molecule has 2 heteroatoms. The lowest BCUT2D eigenvalue weighted by molar-refractivity contribution is 0.0816. The van der Waals surface area contributed by atoms with Crippen LogP contribution in [-0.2, 0) is 0 Å². The highest BCUT2D eigenvalue weighted by Gasteiger charge is 2.17. The molecule has 1 nitrogen and oxygen atoms in total. The van der Waals surface area contributed by atoms with Crippen molar-refractivity contribution in [3.05, 3.63) is 29.3 Å². The predicted octanol–water partition coefficient (Wildman–Crippen LogP) is 3.56. The van der Waals surface area contributed by atoms with Crippen LogP contribution in [0.1, 0.15) is 31.4 Å². The first-order valence-corrected chi connectivity index (χ1v) is 6.35. The van der Waals surface area contributed by atoms with Crippen molar-refractivity contribution in [2.24, 2.45) is 0 Å². The van der Waals surface area contributed by atoms with Crippen molar-refractivity contribution in [3.63, 3.8) is 0 Å². The fraction of sp³-hybridized carbons (Fsp3) is 0.538. The molecule has 1 aromatic rings. The van der Waals surface area contributed by atoms with Crippen molar-refractivity contribution in [3.8, 4) is 0 Å². The molecule has 0 aliphatic carbocycles. The molecule has 0 bridgehead atoms. The Labute approximate surface area is 96.9 Å². The first-order chi connectivity index (χ1) is 6.94. The molecule has 1 N–H and O–H groups in total. The van der Waals surface area contributed by atoms with E-state index in [2.05, 4.69) is 32.0 Å². The summed E-state index contributed by atoms with van der Waals surface area (Å²) < 4.78 is 0. The number of thioether (sulfide) groups is 1. The van der Waals surface area contributed by atoms with Crippen LogP contribution < -0.4 is 0 Å². The van der Waals surface area contributed by atoms with E-state index in [0.717, 1.165) is 12.2 Å². The van der Waals surface area contributed by atoms with Gasteiger partial charge < -0.3 is 5.11 Å². The third-order valence-electron chi connectivity index (χ3n) is 2.63. The van der Waals surface area contributed by atoms with E-state index >= 15 is 0 Å². The monoisotopic (exact) mass is 224 g/mol. The van der Waals surface area contributed by atoms with E-state index in [4.69, 9.17) is 0 Å². The van der Waals surface area contributed by atoms with Crippen molar-refractivity contribution in [2.45, 2.75) is 44.6 Å². The maximum absolute atomic E-state index is 9.91. The SMILES string of the molecule is CCC(C)(O)CSc1ccc(C)cc1C. The van der Waals surface area contributed by atoms with Gasteiger partial charge in [0.05, 0.1) is 5.60 Å². The molecule has 0 saturated heterocycles. The third kappa shape index (κ3) is 3.88. The first kappa shape index (κ1) is 12.6. The third-order valence-corrected chi connectivity index (χ3v) is 4.17. The smallest absolute Gasteiger partial charge is 0.0710 e. The zero-order valence-corrected chi connectivity index (χ0v) is 10.8. The van der Waals surface area contributed by atoms with Crippen LogP contribution in [-0.4, -0.2) is 16.5 Å². The molecule has 1 unspecified atom stereocenters. The first-order valence-electron chi connectivity index (χ1n) is 5.37. The molecule has 15 heavy (non-hydrogen) atoms. The van der Waals surface area contributed by atoms with E-state index in [9.17, 15) is 5.11 Å². The fourth-order valence-electron chi connectivity index (χ4n) is 1.30. The maximum atomic E-state index is 9.91. The Hall–Kier alpha value is -0.470. The highest BCUT2D eigenvalue weighted by Crippen LogP contribution is 2.27. The maximum Gasteiger partial charge on any atom is 0.0710 e. The highest BCUT2D eigenvalue weighted by molar-refractivity contribution is 7.99. The summed E-state index contributed by atoms with van der Waals surface area (Å²) in [5.74, 6) is 0.757. The summed E-state index contributed by atoms with van der Waals surface area (Å²) in [6.07, 6.45) is 0.797. The second-order valence-electron chi connectivity index (χ2n) is 4.41. The van der Waals surface area contributed by atoms with Gasteiger partial charge in [-0.05, 0) is 38.8 Å². The molecule has 0 radical (unpaired) electrons. The molecule has 1 aromatic carbocycles. The van der Waals surface area contributed by atoms with Crippen molar-refractivity contribution in [2.75, 3.05) is 5.75 Å². The minimum Gasteiger partial charge on any atom is -0.389 e. The Morgan fingerprint density at radius 1 is 1.33 bits per heavy atom. The molecule has 0 aromatic heterocycles. The van der Waals surface area contributed by atoms with E-state index in [1.54, 1.807) is 11.8 Å². The number of hydrogen-bond acceptors (Lipinski definition) is 2. The summed E-state index contributed by atoms with van der Waals surface area (Å²) in [6, 6.07) is 6.44. The van der Waals surface area contributed by atoms with Crippen molar-refractivity contribution in [1.29, 1.82) is 0 Å². The Kier molecular flexibility index (Phi) is 4.23. The lowest BCUT2D eigenvalue weighted by Crippen LogP contribution is -2.25. The van der Waals surface area contributed by atoms with Crippen LogP contribution in [0.5, 0.6) is 0 Å². The molecule has 0 spiro atoms. The number of aliphatic hydroxyl groups is 1. The van der Waals surface area contributed by atoms with Gasteiger partial charge in [-0.3, -0.25) is 0 Å². The van der Waals surface area contributed by atoms with Gasteiger partial charge in [0, 0.05) is 10.6 Å². The molecule has 84 valence electrons. The zero-order valence-electron chi connectivity index (χ0n) is 10.0. The summed E-state index contributed by atoms with van der Waals surface area (Å²) in [6.45, 7) is 8.13. The van der Waals surface area contributed by atoms with Gasteiger partial charge in [-0.15, -0.1) is 11.8 Å². The quantitative estimate of drug-likeness (QED) is 0.789. The topological polar surface area (TPSA) is 20.2 Å². The number of rotatable bonds is 4. The zero-order chi connectivity index (χ0) is 11.5. The van der Waals surface area contributed by atoms with Gasteiger partial charge in [-0.1, -0.05) is 24.6 Å². The molecular weight excluding hydrogens is 204 g/mol. The van der Waals surface area contributed by atoms with E-state index in [1.807, 2.05) is 13.8 Å². The second-order valence-corrected chi connectivity index (χ2v) is 5.43. The van der Waals surface area contributed by atoms with E-state index in [1.165, 1.54) is 16.0 Å². The Balaban J connectivity index is 2.66. The number of hydrogen-bond donors (Lipinski definition) is 1. The standard InChI is InChI=1S/C13H20OS/c1-5-13(4,14)9-15-12-7-6-10(2)8-11(12)3/h6-8,14H,5,9H2,1-4H3. The molecule has 1 rings (SSSR count). The molecule has 1 atom stereocenters. The Morgan fingerprint density at radius 2 is 2.00 bits per heavy atom. The summed E-state index contributed by atoms with van der Waals surface area (Å²) >= 11 is 1.74. The summed E-state index contributed by atoms with van der Waals surface area (Å²) in [4.78, 5) is 1.27. The van der Waals surface area contributed by atoms with Gasteiger partial charge in [-0.25, -0.2) is 0 Å². The summed E-state index contributed by atoms with van der Waals surface area (Å²) in [7, 11) is 0. The van der Waals surface area contributed by atoms with Gasteiger partial charge in [0.15, 0.2) is 0 Å². The number of aryl methyl sites for hydroxylation is 2. The van der Waals surface area contributed by atoms with E-state index < -0.39 is 5.60 Å². The normalized spacial score (nSPS) is 15.0. The Morgan fingerprint density at radius 3 is 2.53 bits per heavy atom. The van der Waals surface area contributed by atoms with Gasteiger partial charge in [0.2, 0.25) is 0 Å². The van der Waals surface area contributed by atoms with E-state index in [-0.39, 0.29) is 0 Å². The summed E-state index contributed by atoms with van der Waals surface area (Å²) in [5, 5.41) is 9.91. The molecule has 0 saturated carbocycles. The van der Waals surface area contributed by atoms with Crippen LogP contribution in [0.15, 0.2) is 23.1 Å². The largest absolute Gasteiger partial charge is 0.389 e. The van der Waals surface area contributed by atoms with Gasteiger partial charge in [0.1, 0.15) is 0 Å². The predicted molar refractivity (Wildman–Crippen MR) is 67.6 cm³/mol. The average Bonchev–Trinajstić information content (AvgIpc) is 2.16.